The van der Waals surface area contributed by atoms with E-state index < -0.39 is 0 Å². The summed E-state index contributed by atoms with van der Waals surface area (Å²) in [6.07, 6.45) is 2.29. The van der Waals surface area contributed by atoms with Crippen molar-refractivity contribution >= 4 is 0 Å². The van der Waals surface area contributed by atoms with E-state index in [1.807, 2.05) is 6.92 Å². The Labute approximate surface area is 106 Å². The molecular weight excluding hydrogens is 232 g/mol. The van der Waals surface area contributed by atoms with Gasteiger partial charge in [-0.1, -0.05) is 5.16 Å². The molecule has 98 valence electrons. The van der Waals surface area contributed by atoms with Gasteiger partial charge in [-0.05, 0) is 27.7 Å². The number of nitrogens with zero attached hydrogens (tertiary/aromatic N) is 3. The number of hydrogen-bond donors (Lipinski definition) is 1. The van der Waals surface area contributed by atoms with Crippen molar-refractivity contribution in [3.63, 3.8) is 0 Å². The molecule has 0 aliphatic rings. The third-order valence-electron chi connectivity index (χ3n) is 2.44. The molecule has 0 aromatic carbocycles. The minimum atomic E-state index is 0.0912. The van der Waals surface area contributed by atoms with E-state index in [2.05, 4.69) is 41.4 Å². The van der Waals surface area contributed by atoms with E-state index >= 15 is 0 Å². The molecule has 0 saturated heterocycles. The van der Waals surface area contributed by atoms with Gasteiger partial charge in [0, 0.05) is 18.5 Å². The summed E-state index contributed by atoms with van der Waals surface area (Å²) in [6.45, 7) is 8.97. The average Bonchev–Trinajstić information content (AvgIpc) is 2.84. The molecule has 1 N–H and O–H groups in total. The van der Waals surface area contributed by atoms with Gasteiger partial charge in [0.2, 0.25) is 5.89 Å². The highest BCUT2D eigenvalue weighted by atomic mass is 16.5. The van der Waals surface area contributed by atoms with Gasteiger partial charge in [0.15, 0.2) is 0 Å². The van der Waals surface area contributed by atoms with E-state index in [1.54, 1.807) is 6.20 Å². The highest BCUT2D eigenvalue weighted by molar-refractivity contribution is 5.52. The van der Waals surface area contributed by atoms with Gasteiger partial charge in [0.1, 0.15) is 11.3 Å². The molecule has 0 aliphatic carbocycles. The van der Waals surface area contributed by atoms with Gasteiger partial charge in [-0.25, -0.2) is 0 Å². The molecule has 18 heavy (non-hydrogen) atoms. The van der Waals surface area contributed by atoms with E-state index in [9.17, 15) is 0 Å². The van der Waals surface area contributed by atoms with E-state index in [4.69, 9.17) is 8.94 Å². The van der Waals surface area contributed by atoms with Crippen molar-refractivity contribution in [1.82, 2.24) is 20.7 Å². The minimum absolute atomic E-state index is 0.0912. The second-order valence-electron chi connectivity index (χ2n) is 5.22. The van der Waals surface area contributed by atoms with E-state index in [1.165, 1.54) is 0 Å². The third kappa shape index (κ3) is 3.16. The number of aromatic nitrogens is 3. The predicted molar refractivity (Wildman–Crippen MR) is 66.0 cm³/mol. The fourth-order valence-corrected chi connectivity index (χ4v) is 1.51. The number of aryl methyl sites for hydroxylation is 1. The van der Waals surface area contributed by atoms with E-state index in [-0.39, 0.29) is 5.54 Å². The van der Waals surface area contributed by atoms with Gasteiger partial charge < -0.3 is 14.3 Å². The zero-order chi connectivity index (χ0) is 13.2. The van der Waals surface area contributed by atoms with Crippen molar-refractivity contribution in [2.24, 2.45) is 0 Å². The summed E-state index contributed by atoms with van der Waals surface area (Å²) in [5, 5.41) is 15.1. The Hall–Kier alpha value is -1.69. The second-order valence-corrected chi connectivity index (χ2v) is 5.22. The molecule has 0 aliphatic heterocycles. The third-order valence-corrected chi connectivity index (χ3v) is 2.44. The van der Waals surface area contributed by atoms with Crippen LogP contribution in [0.3, 0.4) is 0 Å². The molecule has 0 fully saturated rings. The minimum Gasteiger partial charge on any atom is -0.420 e. The fraction of sp³-hybridized carbons (Fsp3) is 0.583. The summed E-state index contributed by atoms with van der Waals surface area (Å²) in [4.78, 5) is 0. The van der Waals surface area contributed by atoms with Gasteiger partial charge in [0.05, 0.1) is 6.20 Å². The highest BCUT2D eigenvalue weighted by Gasteiger charge is 2.14. The summed E-state index contributed by atoms with van der Waals surface area (Å²) in [5.41, 5.74) is 0.839. The molecule has 0 radical (unpaired) electrons. The van der Waals surface area contributed by atoms with Crippen LogP contribution in [0.1, 0.15) is 32.4 Å². The molecule has 0 spiro atoms. The SMILES string of the molecule is Cc1oncc1-c1nnc(CCNC(C)(C)C)o1. The molecule has 2 rings (SSSR count). The van der Waals surface area contributed by atoms with Crippen LogP contribution in [0.25, 0.3) is 11.5 Å². The van der Waals surface area contributed by atoms with Crippen LogP contribution in [-0.4, -0.2) is 27.4 Å². The van der Waals surface area contributed by atoms with Crippen LogP contribution in [0.15, 0.2) is 15.1 Å². The van der Waals surface area contributed by atoms with Crippen molar-refractivity contribution in [3.8, 4) is 11.5 Å². The Morgan fingerprint density at radius 2 is 2.06 bits per heavy atom. The monoisotopic (exact) mass is 250 g/mol. The first-order chi connectivity index (χ1) is 8.46. The molecular formula is C12H18N4O2. The van der Waals surface area contributed by atoms with Crippen molar-refractivity contribution in [3.05, 3.63) is 17.8 Å². The van der Waals surface area contributed by atoms with Crippen molar-refractivity contribution in [1.29, 1.82) is 0 Å². The van der Waals surface area contributed by atoms with Gasteiger partial charge in [-0.15, -0.1) is 10.2 Å². The molecule has 0 amide bonds. The van der Waals surface area contributed by atoms with Crippen molar-refractivity contribution in [2.45, 2.75) is 39.7 Å². The lowest BCUT2D eigenvalue weighted by atomic mass is 10.1. The van der Waals surface area contributed by atoms with E-state index in [0.717, 1.165) is 12.1 Å². The Morgan fingerprint density at radius 3 is 2.67 bits per heavy atom. The largest absolute Gasteiger partial charge is 0.420 e. The lowest BCUT2D eigenvalue weighted by Gasteiger charge is -2.19. The van der Waals surface area contributed by atoms with Crippen LogP contribution in [-0.2, 0) is 6.42 Å². The molecule has 0 saturated carbocycles. The summed E-state index contributed by atoms with van der Waals surface area (Å²) in [5.74, 6) is 1.75. The second kappa shape index (κ2) is 4.89. The number of nitrogens with one attached hydrogen (secondary N) is 1. The smallest absolute Gasteiger partial charge is 0.252 e. The van der Waals surface area contributed by atoms with Crippen molar-refractivity contribution in [2.75, 3.05) is 6.54 Å². The maximum absolute atomic E-state index is 5.56. The molecule has 0 unspecified atom stereocenters. The fourth-order valence-electron chi connectivity index (χ4n) is 1.51. The van der Waals surface area contributed by atoms with Crippen LogP contribution in [0.2, 0.25) is 0 Å². The molecule has 0 atom stereocenters. The van der Waals surface area contributed by atoms with E-state index in [0.29, 0.717) is 24.0 Å². The Morgan fingerprint density at radius 1 is 1.28 bits per heavy atom. The highest BCUT2D eigenvalue weighted by Crippen LogP contribution is 2.21. The van der Waals surface area contributed by atoms with Crippen molar-refractivity contribution < 1.29 is 8.94 Å². The first-order valence-electron chi connectivity index (χ1n) is 5.95. The molecule has 0 bridgehead atoms. The first-order valence-corrected chi connectivity index (χ1v) is 5.95. The zero-order valence-electron chi connectivity index (χ0n) is 11.1. The molecule has 2 aromatic heterocycles. The molecule has 6 heteroatoms. The predicted octanol–water partition coefficient (Wildman–Crippen LogP) is 1.96. The lowest BCUT2D eigenvalue weighted by molar-refractivity contribution is 0.397. The van der Waals surface area contributed by atoms with Crippen LogP contribution in [0.4, 0.5) is 0 Å². The summed E-state index contributed by atoms with van der Waals surface area (Å²) in [6, 6.07) is 0. The van der Waals surface area contributed by atoms with Gasteiger partial charge in [-0.2, -0.15) is 0 Å². The quantitative estimate of drug-likeness (QED) is 0.893. The average molecular weight is 250 g/mol. The lowest BCUT2D eigenvalue weighted by Crippen LogP contribution is -2.37. The van der Waals surface area contributed by atoms with Gasteiger partial charge in [-0.3, -0.25) is 0 Å². The molecule has 2 heterocycles. The molecule has 6 nitrogen and oxygen atoms in total. The zero-order valence-corrected chi connectivity index (χ0v) is 11.1. The van der Waals surface area contributed by atoms with Crippen LogP contribution in [0, 0.1) is 6.92 Å². The maximum atomic E-state index is 5.56. The topological polar surface area (TPSA) is 77.0 Å². The summed E-state index contributed by atoms with van der Waals surface area (Å²) >= 11 is 0. The molecule has 2 aromatic rings. The number of rotatable bonds is 4. The summed E-state index contributed by atoms with van der Waals surface area (Å²) in [7, 11) is 0. The summed E-state index contributed by atoms with van der Waals surface area (Å²) < 4.78 is 10.5. The number of hydrogen-bond acceptors (Lipinski definition) is 6. The Bertz CT molecular complexity index is 510. The van der Waals surface area contributed by atoms with Crippen LogP contribution >= 0.6 is 0 Å². The van der Waals surface area contributed by atoms with Crippen LogP contribution < -0.4 is 5.32 Å². The van der Waals surface area contributed by atoms with Crippen LogP contribution in [0.5, 0.6) is 0 Å². The van der Waals surface area contributed by atoms with Gasteiger partial charge >= 0.3 is 0 Å². The maximum Gasteiger partial charge on any atom is 0.252 e. The Balaban J connectivity index is 1.97. The Kier molecular flexibility index (Phi) is 3.47. The normalized spacial score (nSPS) is 12.0. The van der Waals surface area contributed by atoms with Gasteiger partial charge in [0.25, 0.3) is 5.89 Å². The first kappa shape index (κ1) is 12.8. The standard InChI is InChI=1S/C12H18N4O2/c1-8-9(7-14-18-8)11-16-15-10(17-11)5-6-13-12(2,3)4/h7,13H,5-6H2,1-4H3.